The Hall–Kier alpha value is -2.88. The van der Waals surface area contributed by atoms with Crippen molar-refractivity contribution in [1.29, 1.82) is 0 Å². The molecular formula is C25H31F3N4O3. The molecule has 10 heteroatoms. The van der Waals surface area contributed by atoms with Crippen molar-refractivity contribution in [2.45, 2.75) is 50.8 Å². The summed E-state index contributed by atoms with van der Waals surface area (Å²) in [6.07, 6.45) is 7.03. The zero-order valence-electron chi connectivity index (χ0n) is 19.6. The van der Waals surface area contributed by atoms with Crippen molar-refractivity contribution in [3.05, 3.63) is 47.7 Å². The fourth-order valence-electron chi connectivity index (χ4n) is 5.09. The van der Waals surface area contributed by atoms with Crippen molar-refractivity contribution in [2.75, 3.05) is 37.7 Å². The molecule has 190 valence electrons. The van der Waals surface area contributed by atoms with E-state index >= 15 is 0 Å². The number of allylic oxidation sites excluding steroid dienone is 2. The molecule has 2 N–H and O–H groups in total. The van der Waals surface area contributed by atoms with Gasteiger partial charge < -0.3 is 20.1 Å². The molecule has 0 atom stereocenters. The van der Waals surface area contributed by atoms with Gasteiger partial charge in [0.2, 0.25) is 0 Å². The van der Waals surface area contributed by atoms with E-state index in [1.807, 2.05) is 12.1 Å². The number of piperidine rings is 1. The number of carboxylic acids is 1. The molecule has 1 saturated carbocycles. The third-order valence-corrected chi connectivity index (χ3v) is 7.18. The average molecular weight is 493 g/mol. The SMILES string of the molecule is O=C(O)COC1CCC2(CC1)CCN(c1ccc(C3=NC/C=C\C(C(F)(F)F)=C/CN3)cn1)CC2. The lowest BCUT2D eigenvalue weighted by Gasteiger charge is -2.46. The highest BCUT2D eigenvalue weighted by Crippen LogP contribution is 2.45. The lowest BCUT2D eigenvalue weighted by molar-refractivity contribution is -0.145. The molecule has 4 rings (SSSR count). The van der Waals surface area contributed by atoms with Gasteiger partial charge in [-0.05, 0) is 56.1 Å². The van der Waals surface area contributed by atoms with Gasteiger partial charge >= 0.3 is 12.1 Å². The molecule has 0 aromatic carbocycles. The van der Waals surface area contributed by atoms with Gasteiger partial charge in [-0.1, -0.05) is 18.2 Å². The Balaban J connectivity index is 1.30. The summed E-state index contributed by atoms with van der Waals surface area (Å²) in [5.41, 5.74) is 0.351. The van der Waals surface area contributed by atoms with E-state index in [9.17, 15) is 18.0 Å². The molecule has 0 radical (unpaired) electrons. The maximum Gasteiger partial charge on any atom is 0.416 e. The quantitative estimate of drug-likeness (QED) is 0.644. The van der Waals surface area contributed by atoms with E-state index in [1.54, 1.807) is 6.20 Å². The van der Waals surface area contributed by atoms with Crippen molar-refractivity contribution in [2.24, 2.45) is 10.4 Å². The molecule has 0 unspecified atom stereocenters. The zero-order chi connectivity index (χ0) is 24.9. The standard InChI is InChI=1S/C25H31F3N4O3/c26-25(27,28)19-2-1-12-29-23(30-13-7-19)18-3-4-21(31-16-18)32-14-10-24(11-15-32)8-5-20(6-9-24)35-17-22(33)34/h1-4,7,16,20H,5-6,8-15,17H2,(H,29,30)(H,33,34)/b2-1-,19-7+. The minimum Gasteiger partial charge on any atom is -0.480 e. The summed E-state index contributed by atoms with van der Waals surface area (Å²) in [6.45, 7) is 1.76. The van der Waals surface area contributed by atoms with Crippen LogP contribution in [0, 0.1) is 5.41 Å². The Labute approximate surface area is 202 Å². The molecule has 2 aliphatic heterocycles. The number of alkyl halides is 3. The van der Waals surface area contributed by atoms with Crippen LogP contribution in [0.3, 0.4) is 0 Å². The number of carboxylic acid groups (broad SMARTS) is 1. The number of carbonyl (C=O) groups is 1. The number of nitrogens with zero attached hydrogens (tertiary/aromatic N) is 3. The first-order valence-electron chi connectivity index (χ1n) is 12.0. The predicted octanol–water partition coefficient (Wildman–Crippen LogP) is 4.11. The van der Waals surface area contributed by atoms with Crippen molar-refractivity contribution < 1.29 is 27.8 Å². The van der Waals surface area contributed by atoms with Crippen LogP contribution < -0.4 is 10.2 Å². The molecule has 1 aromatic heterocycles. The van der Waals surface area contributed by atoms with Gasteiger partial charge in [-0.15, -0.1) is 0 Å². The normalized spacial score (nSPS) is 23.8. The van der Waals surface area contributed by atoms with Crippen LogP contribution in [0.4, 0.5) is 19.0 Å². The number of aromatic nitrogens is 1. The topological polar surface area (TPSA) is 87.0 Å². The van der Waals surface area contributed by atoms with Gasteiger partial charge in [-0.25, -0.2) is 9.78 Å². The fourth-order valence-corrected chi connectivity index (χ4v) is 5.09. The van der Waals surface area contributed by atoms with Gasteiger partial charge in [0.1, 0.15) is 18.3 Å². The summed E-state index contributed by atoms with van der Waals surface area (Å²) in [5.74, 6) is 0.479. The fraction of sp³-hybridized carbons (Fsp3) is 0.560. The predicted molar refractivity (Wildman–Crippen MR) is 127 cm³/mol. The molecule has 2 fully saturated rings. The summed E-state index contributed by atoms with van der Waals surface area (Å²) in [6, 6.07) is 3.84. The Morgan fingerprint density at radius 3 is 2.57 bits per heavy atom. The zero-order valence-corrected chi connectivity index (χ0v) is 19.6. The molecule has 35 heavy (non-hydrogen) atoms. The Morgan fingerprint density at radius 2 is 1.94 bits per heavy atom. The van der Waals surface area contributed by atoms with Gasteiger partial charge in [0.25, 0.3) is 0 Å². The first-order chi connectivity index (χ1) is 16.7. The molecule has 0 bridgehead atoms. The van der Waals surface area contributed by atoms with Gasteiger partial charge in [0.05, 0.1) is 18.2 Å². The number of aliphatic carboxylic acids is 1. The lowest BCUT2D eigenvalue weighted by atomic mass is 9.67. The first-order valence-corrected chi connectivity index (χ1v) is 12.0. The molecule has 1 aromatic rings. The molecule has 7 nitrogen and oxygen atoms in total. The molecular weight excluding hydrogens is 461 g/mol. The second-order valence-electron chi connectivity index (χ2n) is 9.43. The number of aliphatic imine (C=N–C) groups is 1. The van der Waals surface area contributed by atoms with Crippen molar-refractivity contribution in [3.8, 4) is 0 Å². The van der Waals surface area contributed by atoms with Crippen LogP contribution >= 0.6 is 0 Å². The average Bonchev–Trinajstić information content (AvgIpc) is 2.97. The third kappa shape index (κ3) is 6.62. The number of halogens is 3. The summed E-state index contributed by atoms with van der Waals surface area (Å²) < 4.78 is 44.5. The molecule has 3 heterocycles. The van der Waals surface area contributed by atoms with E-state index in [-0.39, 0.29) is 25.8 Å². The van der Waals surface area contributed by atoms with Gasteiger partial charge in [0, 0.05) is 31.4 Å². The number of hydrogen-bond donors (Lipinski definition) is 2. The van der Waals surface area contributed by atoms with Gasteiger partial charge in [-0.3, -0.25) is 4.99 Å². The minimum absolute atomic E-state index is 0.0240. The van der Waals surface area contributed by atoms with Crippen LogP contribution in [0.15, 0.2) is 47.1 Å². The summed E-state index contributed by atoms with van der Waals surface area (Å²) >= 11 is 0. The second-order valence-corrected chi connectivity index (χ2v) is 9.43. The minimum atomic E-state index is -4.38. The number of nitrogens with one attached hydrogen (secondary N) is 1. The maximum absolute atomic E-state index is 13.0. The van der Waals surface area contributed by atoms with E-state index in [4.69, 9.17) is 9.84 Å². The summed E-state index contributed by atoms with van der Waals surface area (Å²) in [4.78, 5) is 22.0. The number of hydrogen-bond acceptors (Lipinski definition) is 6. The van der Waals surface area contributed by atoms with E-state index < -0.39 is 17.7 Å². The van der Waals surface area contributed by atoms with E-state index in [2.05, 4.69) is 20.2 Å². The maximum atomic E-state index is 13.0. The van der Waals surface area contributed by atoms with Crippen LogP contribution in [0.1, 0.15) is 44.1 Å². The highest BCUT2D eigenvalue weighted by Gasteiger charge is 2.38. The second kappa shape index (κ2) is 10.8. The van der Waals surface area contributed by atoms with E-state index in [1.165, 1.54) is 6.08 Å². The van der Waals surface area contributed by atoms with Gasteiger partial charge in [0.15, 0.2) is 0 Å². The van der Waals surface area contributed by atoms with Crippen molar-refractivity contribution in [1.82, 2.24) is 10.3 Å². The highest BCUT2D eigenvalue weighted by molar-refractivity contribution is 5.98. The number of rotatable bonds is 5. The smallest absolute Gasteiger partial charge is 0.416 e. The highest BCUT2D eigenvalue weighted by atomic mass is 19.4. The van der Waals surface area contributed by atoms with Crippen LogP contribution in [0.5, 0.6) is 0 Å². The van der Waals surface area contributed by atoms with Crippen LogP contribution in [0.2, 0.25) is 0 Å². The number of ether oxygens (including phenoxy) is 1. The number of anilines is 1. The monoisotopic (exact) mass is 492 g/mol. The van der Waals surface area contributed by atoms with Gasteiger partial charge in [-0.2, -0.15) is 13.2 Å². The number of pyridine rings is 1. The Morgan fingerprint density at radius 1 is 1.20 bits per heavy atom. The van der Waals surface area contributed by atoms with Crippen LogP contribution in [0.25, 0.3) is 0 Å². The van der Waals surface area contributed by atoms with Crippen molar-refractivity contribution in [3.63, 3.8) is 0 Å². The van der Waals surface area contributed by atoms with Crippen LogP contribution in [-0.4, -0.2) is 67.0 Å². The van der Waals surface area contributed by atoms with E-state index in [0.717, 1.165) is 75.1 Å². The first kappa shape index (κ1) is 25.2. The molecule has 1 saturated heterocycles. The largest absolute Gasteiger partial charge is 0.480 e. The summed E-state index contributed by atoms with van der Waals surface area (Å²) in [7, 11) is 0. The molecule has 1 spiro atoms. The molecule has 0 amide bonds. The molecule has 1 aliphatic carbocycles. The Kier molecular flexibility index (Phi) is 7.78. The Bertz CT molecular complexity index is 971. The van der Waals surface area contributed by atoms with Crippen LogP contribution in [-0.2, 0) is 9.53 Å². The number of amidine groups is 1. The summed E-state index contributed by atoms with van der Waals surface area (Å²) in [5, 5.41) is 11.8. The molecule has 3 aliphatic rings. The third-order valence-electron chi connectivity index (χ3n) is 7.18. The van der Waals surface area contributed by atoms with E-state index in [0.29, 0.717) is 11.3 Å². The lowest BCUT2D eigenvalue weighted by Crippen LogP contribution is -2.43. The van der Waals surface area contributed by atoms with Crippen molar-refractivity contribution >= 4 is 17.6 Å².